The van der Waals surface area contributed by atoms with Crippen molar-refractivity contribution in [1.29, 1.82) is 0 Å². The Morgan fingerprint density at radius 1 is 1.16 bits per heavy atom. The Morgan fingerprint density at radius 2 is 1.76 bits per heavy atom. The zero-order valence-electron chi connectivity index (χ0n) is 14.4. The summed E-state index contributed by atoms with van der Waals surface area (Å²) in [4.78, 5) is 33.8. The predicted octanol–water partition coefficient (Wildman–Crippen LogP) is -1.55. The Morgan fingerprint density at radius 3 is 2.28 bits per heavy atom. The molecule has 0 aliphatic heterocycles. The van der Waals surface area contributed by atoms with Gasteiger partial charge in [-0.2, -0.15) is 0 Å². The van der Waals surface area contributed by atoms with E-state index in [1.54, 1.807) is 38.1 Å². The van der Waals surface area contributed by atoms with E-state index < -0.39 is 30.7 Å². The van der Waals surface area contributed by atoms with E-state index in [1.807, 2.05) is 0 Å². The number of carboxylic acids is 1. The van der Waals surface area contributed by atoms with Crippen LogP contribution in [0.25, 0.3) is 0 Å². The van der Waals surface area contributed by atoms with E-state index in [1.165, 1.54) is 0 Å². The molecule has 132 valence electrons. The number of carboxylic acid groups (broad SMARTS) is 1. The zero-order chi connectivity index (χ0) is 18.1. The van der Waals surface area contributed by atoms with Gasteiger partial charge in [-0.25, -0.2) is 4.79 Å². The molecule has 0 aromatic heterocycles. The summed E-state index contributed by atoms with van der Waals surface area (Å²) in [7, 11) is 0. The second-order valence-corrected chi connectivity index (χ2v) is 5.74. The molecule has 0 radical (unpaired) electrons. The van der Waals surface area contributed by atoms with E-state index in [9.17, 15) is 19.5 Å². The van der Waals surface area contributed by atoms with Gasteiger partial charge in [0.25, 0.3) is 0 Å². The molecule has 0 fully saturated rings. The molecule has 1 rings (SSSR count). The van der Waals surface area contributed by atoms with Crippen LogP contribution in [0.2, 0.25) is 5.02 Å². The van der Waals surface area contributed by atoms with E-state index in [2.05, 4.69) is 14.8 Å². The molecule has 0 heterocycles. The molecule has 0 spiro atoms. The fraction of sp³-hybridized carbons (Fsp3) is 0.438. The number of aliphatic carboxylic acids is 1. The standard InChI is InChI=1S/C16H20ClNO6.Na/c1-10(2)15(21)23-9-24-16(22)18-8-7-13(14(19)20)11-3-5-12(17)6-4-11;/h3-6,10,13H,7-9H2,1-2H3,(H,18,22)(H,19,20);/q;+1/p-1. The molecule has 0 saturated carbocycles. The fourth-order valence-electron chi connectivity index (χ4n) is 1.79. The fourth-order valence-corrected chi connectivity index (χ4v) is 1.92. The summed E-state index contributed by atoms with van der Waals surface area (Å²) in [6, 6.07) is 6.34. The molecule has 9 heteroatoms. The predicted molar refractivity (Wildman–Crippen MR) is 84.1 cm³/mol. The van der Waals surface area contributed by atoms with Gasteiger partial charge in [0.05, 0.1) is 5.92 Å². The average molecular weight is 380 g/mol. The van der Waals surface area contributed by atoms with Gasteiger partial charge in [0, 0.05) is 23.5 Å². The maximum atomic E-state index is 11.4. The van der Waals surface area contributed by atoms with Crippen LogP contribution >= 0.6 is 11.6 Å². The van der Waals surface area contributed by atoms with Crippen LogP contribution in [0.4, 0.5) is 4.79 Å². The van der Waals surface area contributed by atoms with Gasteiger partial charge in [-0.1, -0.05) is 37.6 Å². The second-order valence-electron chi connectivity index (χ2n) is 5.31. The molecule has 7 nitrogen and oxygen atoms in total. The second kappa shape index (κ2) is 12.1. The molecular formula is C16H19ClNNaO6. The molecule has 1 aromatic carbocycles. The van der Waals surface area contributed by atoms with E-state index in [-0.39, 0.29) is 48.4 Å². The minimum Gasteiger partial charge on any atom is -0.549 e. The number of nitrogens with one attached hydrogen (secondary N) is 1. The summed E-state index contributed by atoms with van der Waals surface area (Å²) in [5.41, 5.74) is 0.528. The summed E-state index contributed by atoms with van der Waals surface area (Å²) in [6.07, 6.45) is -0.690. The van der Waals surface area contributed by atoms with Gasteiger partial charge >= 0.3 is 41.6 Å². The first kappa shape index (κ1) is 23.7. The summed E-state index contributed by atoms with van der Waals surface area (Å²) < 4.78 is 9.33. The van der Waals surface area contributed by atoms with Gasteiger partial charge in [0.1, 0.15) is 0 Å². The van der Waals surface area contributed by atoms with Gasteiger partial charge in [-0.15, -0.1) is 0 Å². The first-order valence-corrected chi connectivity index (χ1v) is 7.72. The maximum Gasteiger partial charge on any atom is 1.00 e. The molecule has 25 heavy (non-hydrogen) atoms. The van der Waals surface area contributed by atoms with Crippen molar-refractivity contribution >= 4 is 29.6 Å². The van der Waals surface area contributed by atoms with Crippen LogP contribution in [-0.4, -0.2) is 31.4 Å². The normalized spacial score (nSPS) is 11.2. The average Bonchev–Trinajstić information content (AvgIpc) is 2.52. The monoisotopic (exact) mass is 379 g/mol. The molecule has 1 aromatic rings. The number of benzene rings is 1. The molecule has 1 unspecified atom stereocenters. The van der Waals surface area contributed by atoms with Gasteiger partial charge in [0.2, 0.25) is 6.79 Å². The van der Waals surface area contributed by atoms with Crippen LogP contribution in [0.3, 0.4) is 0 Å². The molecular weight excluding hydrogens is 361 g/mol. The summed E-state index contributed by atoms with van der Waals surface area (Å²) in [5.74, 6) is -2.94. The molecule has 1 atom stereocenters. The molecule has 0 aliphatic carbocycles. The topological polar surface area (TPSA) is 105 Å². The van der Waals surface area contributed by atoms with Crippen LogP contribution in [-0.2, 0) is 19.1 Å². The third-order valence-corrected chi connectivity index (χ3v) is 3.37. The van der Waals surface area contributed by atoms with Crippen molar-refractivity contribution in [3.05, 3.63) is 34.9 Å². The van der Waals surface area contributed by atoms with Gasteiger partial charge < -0.3 is 24.7 Å². The van der Waals surface area contributed by atoms with E-state index in [4.69, 9.17) is 11.6 Å². The SMILES string of the molecule is CC(C)C(=O)OCOC(=O)NCCC(C(=O)[O-])c1ccc(Cl)cc1.[Na+]. The number of carbonyl (C=O) groups excluding carboxylic acids is 3. The van der Waals surface area contributed by atoms with Crippen molar-refractivity contribution in [3.63, 3.8) is 0 Å². The summed E-state index contributed by atoms with van der Waals surface area (Å²) in [5, 5.41) is 14.1. The van der Waals surface area contributed by atoms with Crippen LogP contribution < -0.4 is 40.0 Å². The first-order chi connectivity index (χ1) is 11.3. The summed E-state index contributed by atoms with van der Waals surface area (Å²) >= 11 is 5.76. The van der Waals surface area contributed by atoms with Crippen molar-refractivity contribution < 1.29 is 58.5 Å². The Labute approximate surface area is 173 Å². The minimum absolute atomic E-state index is 0. The van der Waals surface area contributed by atoms with Crippen molar-refractivity contribution in [1.82, 2.24) is 5.32 Å². The van der Waals surface area contributed by atoms with Crippen LogP contribution in [0.1, 0.15) is 31.7 Å². The number of esters is 1. The van der Waals surface area contributed by atoms with Crippen molar-refractivity contribution in [2.24, 2.45) is 5.92 Å². The quantitative estimate of drug-likeness (QED) is 0.333. The molecule has 1 amide bonds. The third kappa shape index (κ3) is 9.11. The largest absolute Gasteiger partial charge is 1.00 e. The van der Waals surface area contributed by atoms with Crippen LogP contribution in [0, 0.1) is 5.92 Å². The number of alkyl carbamates (subject to hydrolysis) is 1. The molecule has 1 N–H and O–H groups in total. The van der Waals surface area contributed by atoms with Gasteiger partial charge in [0.15, 0.2) is 0 Å². The Kier molecular flexibility index (Phi) is 11.5. The number of hydrogen-bond acceptors (Lipinski definition) is 6. The van der Waals surface area contributed by atoms with Gasteiger partial charge in [-0.05, 0) is 24.1 Å². The summed E-state index contributed by atoms with van der Waals surface area (Å²) in [6.45, 7) is 2.86. The Bertz CT molecular complexity index is 578. The number of hydrogen-bond donors (Lipinski definition) is 1. The van der Waals surface area contributed by atoms with Crippen molar-refractivity contribution in [3.8, 4) is 0 Å². The van der Waals surface area contributed by atoms with E-state index in [0.717, 1.165) is 0 Å². The van der Waals surface area contributed by atoms with Crippen molar-refractivity contribution in [2.75, 3.05) is 13.3 Å². The number of ether oxygens (including phenoxy) is 2. The zero-order valence-corrected chi connectivity index (χ0v) is 17.2. The van der Waals surface area contributed by atoms with E-state index >= 15 is 0 Å². The third-order valence-electron chi connectivity index (χ3n) is 3.12. The number of amides is 1. The van der Waals surface area contributed by atoms with Gasteiger partial charge in [-0.3, -0.25) is 4.79 Å². The Balaban J connectivity index is 0.00000576. The van der Waals surface area contributed by atoms with Crippen LogP contribution in [0.5, 0.6) is 0 Å². The Hall–Kier alpha value is -1.28. The molecule has 0 saturated heterocycles. The van der Waals surface area contributed by atoms with Crippen molar-refractivity contribution in [2.45, 2.75) is 26.2 Å². The smallest absolute Gasteiger partial charge is 0.549 e. The number of rotatable bonds is 8. The maximum absolute atomic E-state index is 11.4. The number of carbonyl (C=O) groups is 3. The van der Waals surface area contributed by atoms with Crippen LogP contribution in [0.15, 0.2) is 24.3 Å². The molecule has 0 bridgehead atoms. The van der Waals surface area contributed by atoms with E-state index in [0.29, 0.717) is 10.6 Å². The molecule has 0 aliphatic rings. The first-order valence-electron chi connectivity index (χ1n) is 7.34. The number of halogens is 1. The minimum atomic E-state index is -1.25.